The molecular weight excluding hydrogens is 1990 g/mol. The summed E-state index contributed by atoms with van der Waals surface area (Å²) in [5, 5.41) is 52.1. The van der Waals surface area contributed by atoms with Gasteiger partial charge in [-0.25, -0.2) is 29.5 Å². The van der Waals surface area contributed by atoms with Gasteiger partial charge in [-0.2, -0.15) is 113 Å². The van der Waals surface area contributed by atoms with E-state index in [4.69, 9.17) is 25.8 Å². The van der Waals surface area contributed by atoms with Crippen LogP contribution in [-0.2, 0) is 34.2 Å². The molecule has 0 bridgehead atoms. The number of ketones is 1. The van der Waals surface area contributed by atoms with Gasteiger partial charge >= 0.3 is 59.7 Å². The molecule has 34 nitrogen and oxygen atoms in total. The molecular formula is C93H94BrClF12MgN20O14. The van der Waals surface area contributed by atoms with Crippen molar-refractivity contribution in [3.63, 3.8) is 0 Å². The van der Waals surface area contributed by atoms with E-state index in [2.05, 4.69) is 70.2 Å². The number of carbonyl (C=O) groups is 7. The topological polar surface area (TPSA) is 393 Å². The third kappa shape index (κ3) is 27.3. The SMILES string of the molecule is CC(=O)c1c(C(F)(F)F)ccnc1O[C@@H]1CC[C@@H](C)N(C(=O)c2ccccc2-n2nccn2)C1.CC(O)c1c(C(F)(F)F)ccnc1O[C@@H]1CC[C@@H](C)N(C(=O)c2ccccc2-n2nccn2)C1.COC(=O)c1c(C(F)(F)F)ccnc1Cl.COC(=O)c1c(C(F)(F)F)ccnc1O[C@@H]1CC[C@@H](C)N(C(=O)c2ccccc2-n2nccn2)C1.C[C@@H]1CC[C@@H](O)CN1C(=O)c1ccccc1-n1nccn1.[Br-].[CH3-].[Mg+2]. The minimum absolute atomic E-state index is 0. The number of β-amino-alcohol motifs (C(OH)–C–C–N with tert-alkyl or cyclic N) is 1. The third-order valence-corrected chi connectivity index (χ3v) is 23.1. The molecule has 8 aromatic heterocycles. The summed E-state index contributed by atoms with van der Waals surface area (Å²) in [6.45, 7) is 10.7. The number of para-hydroxylation sites is 4. The number of amides is 4. The minimum Gasteiger partial charge on any atom is -1.00 e. The van der Waals surface area contributed by atoms with Crippen molar-refractivity contribution in [1.29, 1.82) is 0 Å². The van der Waals surface area contributed by atoms with E-state index in [1.165, 1.54) is 63.3 Å². The Balaban J connectivity index is 0.000000202. The maximum Gasteiger partial charge on any atom is 2.00 e. The number of aromatic nitrogens is 16. The van der Waals surface area contributed by atoms with Gasteiger partial charge in [0.15, 0.2) is 5.78 Å². The van der Waals surface area contributed by atoms with E-state index < -0.39 is 128 Å². The van der Waals surface area contributed by atoms with Gasteiger partial charge in [0.25, 0.3) is 23.6 Å². The van der Waals surface area contributed by atoms with Crippen LogP contribution >= 0.6 is 11.6 Å². The maximum atomic E-state index is 13.5. The molecule has 0 aliphatic carbocycles. The van der Waals surface area contributed by atoms with Crippen LogP contribution in [-0.4, -0.2) is 263 Å². The Morgan fingerprint density at radius 1 is 0.373 bits per heavy atom. The van der Waals surface area contributed by atoms with Crippen LogP contribution in [0.1, 0.15) is 199 Å². The Kier molecular flexibility index (Phi) is 38.9. The number of alkyl halides is 12. The molecule has 0 spiro atoms. The Morgan fingerprint density at radius 2 is 0.634 bits per heavy atom. The number of esters is 2. The van der Waals surface area contributed by atoms with Gasteiger partial charge in [-0.1, -0.05) is 60.1 Å². The van der Waals surface area contributed by atoms with Crippen LogP contribution in [0.15, 0.2) is 196 Å². The van der Waals surface area contributed by atoms with E-state index in [-0.39, 0.29) is 127 Å². The predicted molar refractivity (Wildman–Crippen MR) is 481 cm³/mol. The number of pyridine rings is 4. The molecule has 0 saturated carbocycles. The van der Waals surface area contributed by atoms with Crippen LogP contribution in [0.25, 0.3) is 22.7 Å². The van der Waals surface area contributed by atoms with Gasteiger partial charge in [0.1, 0.15) is 34.6 Å². The van der Waals surface area contributed by atoms with Gasteiger partial charge in [0.05, 0.1) is 174 Å². The first-order valence-corrected chi connectivity index (χ1v) is 43.5. The van der Waals surface area contributed by atoms with E-state index in [9.17, 15) is 96.5 Å². The quantitative estimate of drug-likeness (QED) is 0.0201. The van der Waals surface area contributed by atoms with Gasteiger partial charge in [0, 0.05) is 55.5 Å². The monoisotopic (exact) mass is 2080 g/mol. The number of hydrogen-bond donors (Lipinski definition) is 2. The second-order valence-electron chi connectivity index (χ2n) is 32.1. The molecule has 12 aromatic rings. The molecule has 142 heavy (non-hydrogen) atoms. The van der Waals surface area contributed by atoms with Crippen LogP contribution in [0, 0.1) is 7.43 Å². The van der Waals surface area contributed by atoms with Crippen molar-refractivity contribution in [1.82, 2.24) is 99.5 Å². The van der Waals surface area contributed by atoms with Crippen molar-refractivity contribution in [2.45, 2.75) is 172 Å². The Morgan fingerprint density at radius 3 is 0.944 bits per heavy atom. The fourth-order valence-electron chi connectivity index (χ4n) is 15.8. The van der Waals surface area contributed by atoms with Crippen molar-refractivity contribution >= 4 is 76.0 Å². The van der Waals surface area contributed by atoms with E-state index in [1.54, 1.807) is 111 Å². The zero-order valence-electron chi connectivity index (χ0n) is 77.4. The molecule has 4 fully saturated rings. The molecule has 16 rings (SSSR count). The van der Waals surface area contributed by atoms with Crippen LogP contribution in [0.2, 0.25) is 5.15 Å². The van der Waals surface area contributed by atoms with Crippen LogP contribution in [0.3, 0.4) is 0 Å². The summed E-state index contributed by atoms with van der Waals surface area (Å²) in [4.78, 5) is 116. The number of hydrogen-bond acceptors (Lipinski definition) is 26. The fourth-order valence-corrected chi connectivity index (χ4v) is 16.1. The van der Waals surface area contributed by atoms with Crippen molar-refractivity contribution in [2.75, 3.05) is 40.4 Å². The molecule has 4 aliphatic rings. The summed E-state index contributed by atoms with van der Waals surface area (Å²) in [7, 11) is 1.94. The zero-order valence-corrected chi connectivity index (χ0v) is 81.1. The predicted octanol–water partition coefficient (Wildman–Crippen LogP) is 12.2. The van der Waals surface area contributed by atoms with Crippen LogP contribution in [0.4, 0.5) is 52.7 Å². The van der Waals surface area contributed by atoms with E-state index in [0.717, 1.165) is 70.9 Å². The molecule has 4 aliphatic heterocycles. The zero-order chi connectivity index (χ0) is 101. The smallest absolute Gasteiger partial charge is 1.00 e. The summed E-state index contributed by atoms with van der Waals surface area (Å²) in [5.41, 5.74) is -3.18. The van der Waals surface area contributed by atoms with E-state index in [0.29, 0.717) is 102 Å². The number of nitrogens with zero attached hydrogens (tertiary/aromatic N) is 20. The molecule has 12 heterocycles. The number of carbonyl (C=O) groups excluding carboxylic acids is 7. The van der Waals surface area contributed by atoms with Crippen molar-refractivity contribution in [3.05, 3.63) is 275 Å². The Hall–Kier alpha value is -13.5. The standard InChI is InChI=1S/C23H22F3N5O4.C23H24F3N5O3.C23H22F3N5O3.C15H18N4O2.C8H5ClF3NO2.CH3.BrH.Mg/c1-14-7-8-15(35-20-19(22(33)34-2)17(9-10-27-20)23(24,25)26)13-30(14)21(32)16-5-3-4-6-18(16)31-28-11-12-29-31;2*1-14-7-8-16(34-21-20(15(2)32)18(9-10-27-21)23(24,25)26)13-30(14)22(33)17-5-3-4-6-19(17)31-28-11-12-29-31;1-11-6-7-12(20)10-18(11)15(21)13-4-2-3-5-14(13)19-16-8-9-17-19;1-15-7(14)5-4(8(10,11)12)2-3-13-6(5)9;;;/h3-6,9-12,14-15H,7-8,13H2,1-2H3;3-6,9-12,14-16,32H,7-8,13H2,1-2H3;3-6,9-12,14,16H,7-8,13H2,1-2H3;2-5,8-9,11-12,20H,6-7,10H2,1H3;2-3H,1H3;1H3;1H;/q;;;;;-1;;+2/p-1/t14-,15-;14-,15?,16-;14-,16-;11-,12-;;;;/m1111..../s1. The number of rotatable bonds is 18. The number of piperidine rings is 4. The molecule has 0 radical (unpaired) electrons. The summed E-state index contributed by atoms with van der Waals surface area (Å²) < 4.78 is 185. The van der Waals surface area contributed by atoms with Gasteiger partial charge < -0.3 is 77.9 Å². The number of aliphatic hydroxyl groups is 2. The molecule has 9 atom stereocenters. The minimum atomic E-state index is -4.81. The fraction of sp³-hybridized carbons (Fsp3) is 0.355. The average molecular weight is 2080 g/mol. The molecule has 2 N–H and O–H groups in total. The number of halogens is 14. The van der Waals surface area contributed by atoms with Gasteiger partial charge in [-0.3, -0.25) is 24.0 Å². The van der Waals surface area contributed by atoms with Crippen LogP contribution in [0.5, 0.6) is 17.6 Å². The number of aliphatic hydroxyl groups excluding tert-OH is 2. The van der Waals surface area contributed by atoms with Gasteiger partial charge in [-0.05, 0) is 166 Å². The van der Waals surface area contributed by atoms with E-state index >= 15 is 0 Å². The summed E-state index contributed by atoms with van der Waals surface area (Å²) in [6.07, 6.45) is -2.03. The summed E-state index contributed by atoms with van der Waals surface area (Å²) >= 11 is 5.40. The summed E-state index contributed by atoms with van der Waals surface area (Å²) in [5.74, 6) is -5.25. The molecule has 750 valence electrons. The molecule has 4 aromatic carbocycles. The number of likely N-dealkylation sites (tertiary alicyclic amines) is 4. The number of methoxy groups -OCH3 is 2. The van der Waals surface area contributed by atoms with E-state index in [1.807, 2.05) is 45.9 Å². The molecule has 4 amide bonds. The Bertz CT molecular complexity index is 6280. The van der Waals surface area contributed by atoms with Crippen LogP contribution < -0.4 is 31.2 Å². The number of Topliss-reactive ketones (excluding diaryl/α,β-unsaturated/α-hetero) is 1. The van der Waals surface area contributed by atoms with Gasteiger partial charge in [0.2, 0.25) is 17.6 Å². The second-order valence-corrected chi connectivity index (χ2v) is 32.5. The first-order chi connectivity index (χ1) is 66.1. The largest absolute Gasteiger partial charge is 2.00 e. The van der Waals surface area contributed by atoms with Gasteiger partial charge in [-0.15, -0.1) is 0 Å². The maximum absolute atomic E-state index is 13.5. The average Bonchev–Trinajstić information content (AvgIpc) is 1.47. The normalized spacial score (nSPS) is 18.1. The van der Waals surface area contributed by atoms with Crippen molar-refractivity contribution in [2.24, 2.45) is 0 Å². The molecule has 1 unspecified atom stereocenters. The number of ether oxygens (including phenoxy) is 5. The summed E-state index contributed by atoms with van der Waals surface area (Å²) in [6, 6.07) is 30.6. The second kappa shape index (κ2) is 49.3. The van der Waals surface area contributed by atoms with Crippen molar-refractivity contribution < 1.29 is 137 Å². The Labute approximate surface area is 835 Å². The first-order valence-electron chi connectivity index (χ1n) is 43.1. The van der Waals surface area contributed by atoms with Crippen molar-refractivity contribution in [3.8, 4) is 40.4 Å². The third-order valence-electron chi connectivity index (χ3n) is 22.8. The first kappa shape index (κ1) is 112. The number of benzene rings is 4. The molecule has 4 saturated heterocycles. The molecule has 49 heteroatoms.